The minimum absolute atomic E-state index is 0.0768. The van der Waals surface area contributed by atoms with E-state index in [2.05, 4.69) is 27.0 Å². The molecule has 2 saturated carbocycles. The molecule has 1 amide bonds. The highest BCUT2D eigenvalue weighted by molar-refractivity contribution is 5.79. The minimum Gasteiger partial charge on any atom is -0.497 e. The van der Waals surface area contributed by atoms with Crippen LogP contribution in [0.4, 0.5) is 0 Å². The predicted molar refractivity (Wildman–Crippen MR) is 109 cm³/mol. The van der Waals surface area contributed by atoms with Crippen LogP contribution in [0.5, 0.6) is 5.75 Å². The summed E-state index contributed by atoms with van der Waals surface area (Å²) >= 11 is 0. The molecule has 5 nitrogen and oxygen atoms in total. The number of benzene rings is 1. The summed E-state index contributed by atoms with van der Waals surface area (Å²) in [5, 5.41) is 3.42. The van der Waals surface area contributed by atoms with Gasteiger partial charge >= 0.3 is 0 Å². The zero-order valence-corrected chi connectivity index (χ0v) is 17.1. The lowest BCUT2D eigenvalue weighted by atomic mass is 9.53. The topological polar surface area (TPSA) is 56.1 Å². The van der Waals surface area contributed by atoms with E-state index in [0.29, 0.717) is 24.3 Å². The summed E-state index contributed by atoms with van der Waals surface area (Å²) in [6.45, 7) is 4.66. The maximum atomic E-state index is 13.0. The molecule has 5 heteroatoms. The Bertz CT molecular complexity index is 814. The summed E-state index contributed by atoms with van der Waals surface area (Å²) in [7, 11) is 1.70. The molecule has 1 aromatic carbocycles. The summed E-state index contributed by atoms with van der Waals surface area (Å²) in [6, 6.07) is 8.67. The molecule has 2 fully saturated rings. The summed E-state index contributed by atoms with van der Waals surface area (Å²) in [5.41, 5.74) is 1.33. The van der Waals surface area contributed by atoms with Gasteiger partial charge in [-0.2, -0.15) is 0 Å². The van der Waals surface area contributed by atoms with Crippen molar-refractivity contribution in [3.63, 3.8) is 0 Å². The van der Waals surface area contributed by atoms with Crippen LogP contribution in [-0.2, 0) is 11.3 Å². The van der Waals surface area contributed by atoms with Crippen molar-refractivity contribution in [2.45, 2.75) is 58.0 Å². The molecule has 0 unspecified atom stereocenters. The Kier molecular flexibility index (Phi) is 5.42. The van der Waals surface area contributed by atoms with Crippen molar-refractivity contribution in [1.82, 2.24) is 14.9 Å². The normalized spacial score (nSPS) is 27.4. The second kappa shape index (κ2) is 7.98. The molecule has 1 aromatic heterocycles. The number of imidazole rings is 1. The summed E-state index contributed by atoms with van der Waals surface area (Å²) in [6.07, 6.45) is 8.84. The number of fused-ring (bicyclic) bond motifs is 1. The fourth-order valence-corrected chi connectivity index (χ4v) is 5.23. The Balaban J connectivity index is 1.47. The number of nitrogens with zero attached hydrogens (tertiary/aromatic N) is 2. The second-order valence-corrected chi connectivity index (χ2v) is 8.47. The molecular formula is C23H31N3O2. The molecule has 2 aromatic rings. The molecule has 2 aliphatic carbocycles. The van der Waals surface area contributed by atoms with Gasteiger partial charge in [-0.05, 0) is 49.3 Å². The van der Waals surface area contributed by atoms with Gasteiger partial charge in [-0.3, -0.25) is 4.79 Å². The third kappa shape index (κ3) is 3.54. The number of aromatic nitrogens is 2. The molecule has 2 aliphatic rings. The van der Waals surface area contributed by atoms with E-state index in [9.17, 15) is 4.79 Å². The molecule has 0 spiro atoms. The maximum absolute atomic E-state index is 13.0. The SMILES string of the molecule is COc1ccc([C@H]2[C@@H]3CCCC[C@H]3[C@@H]2NC(=O)[C@H](C)Cn2ccnc2C)cc1. The molecule has 4 rings (SSSR count). The van der Waals surface area contributed by atoms with Crippen LogP contribution in [0.1, 0.15) is 49.9 Å². The van der Waals surface area contributed by atoms with Crippen molar-refractivity contribution < 1.29 is 9.53 Å². The minimum atomic E-state index is -0.0768. The number of carbonyl (C=O) groups is 1. The first kappa shape index (κ1) is 19.0. The fourth-order valence-electron chi connectivity index (χ4n) is 5.23. The van der Waals surface area contributed by atoms with Gasteiger partial charge in [0.05, 0.1) is 13.0 Å². The molecule has 0 aliphatic heterocycles. The highest BCUT2D eigenvalue weighted by atomic mass is 16.5. The smallest absolute Gasteiger partial charge is 0.224 e. The number of methoxy groups -OCH3 is 1. The molecule has 1 heterocycles. The number of nitrogens with one attached hydrogen (secondary N) is 1. The Morgan fingerprint density at radius 2 is 1.96 bits per heavy atom. The van der Waals surface area contributed by atoms with Crippen molar-refractivity contribution in [3.8, 4) is 5.75 Å². The van der Waals surface area contributed by atoms with E-state index in [1.807, 2.05) is 32.2 Å². The lowest BCUT2D eigenvalue weighted by Crippen LogP contribution is -2.60. The van der Waals surface area contributed by atoms with Crippen molar-refractivity contribution >= 4 is 5.91 Å². The highest BCUT2D eigenvalue weighted by Gasteiger charge is 2.51. The van der Waals surface area contributed by atoms with Crippen LogP contribution in [0, 0.1) is 24.7 Å². The maximum Gasteiger partial charge on any atom is 0.224 e. The lowest BCUT2D eigenvalue weighted by Gasteiger charge is -2.55. The number of rotatable bonds is 6. The number of hydrogen-bond donors (Lipinski definition) is 1. The zero-order chi connectivity index (χ0) is 19.7. The number of amides is 1. The zero-order valence-electron chi connectivity index (χ0n) is 17.1. The second-order valence-electron chi connectivity index (χ2n) is 8.47. The van der Waals surface area contributed by atoms with Crippen molar-refractivity contribution in [1.29, 1.82) is 0 Å². The first-order valence-electron chi connectivity index (χ1n) is 10.5. The fraction of sp³-hybridized carbons (Fsp3) is 0.565. The molecule has 28 heavy (non-hydrogen) atoms. The van der Waals surface area contributed by atoms with Crippen LogP contribution in [0.2, 0.25) is 0 Å². The Morgan fingerprint density at radius 1 is 1.25 bits per heavy atom. The number of hydrogen-bond acceptors (Lipinski definition) is 3. The van der Waals surface area contributed by atoms with Gasteiger partial charge in [-0.15, -0.1) is 0 Å². The summed E-state index contributed by atoms with van der Waals surface area (Å²) in [4.78, 5) is 17.2. The van der Waals surface area contributed by atoms with Gasteiger partial charge in [0, 0.05) is 30.9 Å². The highest BCUT2D eigenvalue weighted by Crippen LogP contribution is 2.54. The van der Waals surface area contributed by atoms with E-state index in [1.54, 1.807) is 13.3 Å². The standard InChI is InChI=1S/C23H31N3O2/c1-15(14-26-13-12-24-16(26)2)23(27)25-22-20-7-5-4-6-19(20)21(22)17-8-10-18(28-3)11-9-17/h8-13,15,19-22H,4-7,14H2,1-3H3,(H,25,27)/t15-,19-,20-,21+,22+/m1/s1. The van der Waals surface area contributed by atoms with Gasteiger partial charge in [0.1, 0.15) is 11.6 Å². The Hall–Kier alpha value is -2.30. The molecule has 0 radical (unpaired) electrons. The monoisotopic (exact) mass is 381 g/mol. The van der Waals surface area contributed by atoms with E-state index < -0.39 is 0 Å². The van der Waals surface area contributed by atoms with E-state index in [4.69, 9.17) is 4.74 Å². The largest absolute Gasteiger partial charge is 0.497 e. The first-order chi connectivity index (χ1) is 13.6. The van der Waals surface area contributed by atoms with E-state index in [1.165, 1.54) is 31.2 Å². The molecule has 0 bridgehead atoms. The lowest BCUT2D eigenvalue weighted by molar-refractivity contribution is -0.128. The van der Waals surface area contributed by atoms with Crippen molar-refractivity contribution in [2.75, 3.05) is 7.11 Å². The number of ether oxygens (including phenoxy) is 1. The van der Waals surface area contributed by atoms with Crippen molar-refractivity contribution in [2.24, 2.45) is 17.8 Å². The Labute approximate surface area is 167 Å². The number of aryl methyl sites for hydroxylation is 1. The predicted octanol–water partition coefficient (Wildman–Crippen LogP) is 3.92. The quantitative estimate of drug-likeness (QED) is 0.825. The third-order valence-electron chi connectivity index (χ3n) is 6.84. The molecule has 0 saturated heterocycles. The summed E-state index contributed by atoms with van der Waals surface area (Å²) in [5.74, 6) is 3.64. The average Bonchev–Trinajstić information content (AvgIpc) is 3.11. The van der Waals surface area contributed by atoms with Crippen LogP contribution in [0.3, 0.4) is 0 Å². The van der Waals surface area contributed by atoms with Gasteiger partial charge in [0.15, 0.2) is 0 Å². The van der Waals surface area contributed by atoms with E-state index >= 15 is 0 Å². The average molecular weight is 382 g/mol. The molecular weight excluding hydrogens is 350 g/mol. The van der Waals surface area contributed by atoms with E-state index in [-0.39, 0.29) is 17.9 Å². The molecule has 1 N–H and O–H groups in total. The molecule has 150 valence electrons. The van der Waals surface area contributed by atoms with Crippen LogP contribution in [0.25, 0.3) is 0 Å². The van der Waals surface area contributed by atoms with Gasteiger partial charge in [0.2, 0.25) is 5.91 Å². The van der Waals surface area contributed by atoms with E-state index in [0.717, 1.165) is 11.6 Å². The first-order valence-corrected chi connectivity index (χ1v) is 10.5. The van der Waals surface area contributed by atoms with Crippen LogP contribution >= 0.6 is 0 Å². The third-order valence-corrected chi connectivity index (χ3v) is 6.84. The Morgan fingerprint density at radius 3 is 2.61 bits per heavy atom. The summed E-state index contributed by atoms with van der Waals surface area (Å²) < 4.78 is 7.36. The van der Waals surface area contributed by atoms with Crippen molar-refractivity contribution in [3.05, 3.63) is 48.0 Å². The number of carbonyl (C=O) groups excluding carboxylic acids is 1. The van der Waals surface area contributed by atoms with Crippen LogP contribution < -0.4 is 10.1 Å². The van der Waals surface area contributed by atoms with Crippen LogP contribution in [-0.4, -0.2) is 28.6 Å². The molecule has 5 atom stereocenters. The van der Waals surface area contributed by atoms with Crippen LogP contribution in [0.15, 0.2) is 36.7 Å². The van der Waals surface area contributed by atoms with Gasteiger partial charge < -0.3 is 14.6 Å². The van der Waals surface area contributed by atoms with Gasteiger partial charge in [-0.1, -0.05) is 31.9 Å². The van der Waals surface area contributed by atoms with Gasteiger partial charge in [0.25, 0.3) is 0 Å². The van der Waals surface area contributed by atoms with Gasteiger partial charge in [-0.25, -0.2) is 4.98 Å².